The third kappa shape index (κ3) is 4.90. The fourth-order valence-electron chi connectivity index (χ4n) is 2.43. The molecule has 1 amide bonds. The first-order valence-electron chi connectivity index (χ1n) is 7.93. The van der Waals surface area contributed by atoms with Gasteiger partial charge < -0.3 is 10.6 Å². The predicted molar refractivity (Wildman–Crippen MR) is 105 cm³/mol. The van der Waals surface area contributed by atoms with Crippen molar-refractivity contribution in [3.63, 3.8) is 0 Å². The second-order valence-electron chi connectivity index (χ2n) is 5.73. The van der Waals surface area contributed by atoms with Crippen molar-refractivity contribution in [3.8, 4) is 0 Å². The minimum absolute atomic E-state index is 0.0924. The molecule has 126 valence electrons. The molecule has 2 N–H and O–H groups in total. The molecule has 0 aliphatic heterocycles. The zero-order valence-corrected chi connectivity index (χ0v) is 15.4. The first-order chi connectivity index (χ1) is 12.1. The molecule has 0 atom stereocenters. The van der Waals surface area contributed by atoms with Crippen LogP contribution in [0.25, 0.3) is 0 Å². The maximum atomic E-state index is 12.1. The van der Waals surface area contributed by atoms with Gasteiger partial charge in [0, 0.05) is 10.2 Å². The van der Waals surface area contributed by atoms with E-state index in [1.165, 1.54) is 0 Å². The van der Waals surface area contributed by atoms with E-state index in [1.807, 2.05) is 61.5 Å². The van der Waals surface area contributed by atoms with Gasteiger partial charge >= 0.3 is 0 Å². The topological polar surface area (TPSA) is 54.0 Å². The molecule has 0 radical (unpaired) electrons. The number of amides is 1. The number of aromatic nitrogens is 1. The summed E-state index contributed by atoms with van der Waals surface area (Å²) in [7, 11) is 0. The SMILES string of the molecule is Cc1ccccc1Nc1ccc(NC(=O)Cc2cccc(Br)c2)nc1. The highest BCUT2D eigenvalue weighted by Gasteiger charge is 2.06. The van der Waals surface area contributed by atoms with E-state index >= 15 is 0 Å². The number of hydrogen-bond acceptors (Lipinski definition) is 3. The summed E-state index contributed by atoms with van der Waals surface area (Å²) in [5, 5.41) is 6.14. The minimum Gasteiger partial charge on any atom is -0.354 e. The van der Waals surface area contributed by atoms with Crippen molar-refractivity contribution in [2.24, 2.45) is 0 Å². The van der Waals surface area contributed by atoms with Crippen molar-refractivity contribution in [3.05, 3.63) is 82.5 Å². The average molecular weight is 396 g/mol. The highest BCUT2D eigenvalue weighted by Crippen LogP contribution is 2.20. The van der Waals surface area contributed by atoms with Crippen molar-refractivity contribution in [1.29, 1.82) is 0 Å². The van der Waals surface area contributed by atoms with Crippen LogP contribution in [0, 0.1) is 6.92 Å². The van der Waals surface area contributed by atoms with Crippen molar-refractivity contribution < 1.29 is 4.79 Å². The zero-order chi connectivity index (χ0) is 17.6. The Labute approximate surface area is 155 Å². The molecule has 0 saturated carbocycles. The van der Waals surface area contributed by atoms with Gasteiger partial charge in [0.05, 0.1) is 18.3 Å². The van der Waals surface area contributed by atoms with Crippen molar-refractivity contribution >= 4 is 39.0 Å². The van der Waals surface area contributed by atoms with E-state index in [-0.39, 0.29) is 5.91 Å². The van der Waals surface area contributed by atoms with Crippen LogP contribution in [0.1, 0.15) is 11.1 Å². The largest absolute Gasteiger partial charge is 0.354 e. The van der Waals surface area contributed by atoms with Crippen LogP contribution in [0.3, 0.4) is 0 Å². The molecule has 1 heterocycles. The maximum Gasteiger partial charge on any atom is 0.229 e. The number of nitrogens with one attached hydrogen (secondary N) is 2. The van der Waals surface area contributed by atoms with Crippen LogP contribution in [0.5, 0.6) is 0 Å². The van der Waals surface area contributed by atoms with Crippen LogP contribution < -0.4 is 10.6 Å². The lowest BCUT2D eigenvalue weighted by Crippen LogP contribution is -2.15. The van der Waals surface area contributed by atoms with E-state index < -0.39 is 0 Å². The number of anilines is 3. The lowest BCUT2D eigenvalue weighted by molar-refractivity contribution is -0.115. The first-order valence-corrected chi connectivity index (χ1v) is 8.72. The third-order valence-electron chi connectivity index (χ3n) is 3.71. The maximum absolute atomic E-state index is 12.1. The molecule has 0 aliphatic carbocycles. The van der Waals surface area contributed by atoms with Gasteiger partial charge in [0.2, 0.25) is 5.91 Å². The summed E-state index contributed by atoms with van der Waals surface area (Å²) in [6, 6.07) is 19.4. The lowest BCUT2D eigenvalue weighted by atomic mass is 10.1. The molecule has 25 heavy (non-hydrogen) atoms. The van der Waals surface area contributed by atoms with E-state index in [0.29, 0.717) is 12.2 Å². The number of halogens is 1. The fraction of sp³-hybridized carbons (Fsp3) is 0.100. The number of pyridine rings is 1. The summed E-state index contributed by atoms with van der Waals surface area (Å²) < 4.78 is 0.961. The Balaban J connectivity index is 1.60. The van der Waals surface area contributed by atoms with Gasteiger partial charge in [-0.2, -0.15) is 0 Å². The molecule has 0 aliphatic rings. The quantitative estimate of drug-likeness (QED) is 0.633. The van der Waals surface area contributed by atoms with Gasteiger partial charge in [-0.05, 0) is 48.4 Å². The van der Waals surface area contributed by atoms with Gasteiger partial charge in [-0.15, -0.1) is 0 Å². The Bertz CT molecular complexity index is 878. The zero-order valence-electron chi connectivity index (χ0n) is 13.8. The van der Waals surface area contributed by atoms with Crippen molar-refractivity contribution in [1.82, 2.24) is 4.98 Å². The summed E-state index contributed by atoms with van der Waals surface area (Å²) in [6.07, 6.45) is 2.02. The monoisotopic (exact) mass is 395 g/mol. The molecule has 3 rings (SSSR count). The van der Waals surface area contributed by atoms with Crippen molar-refractivity contribution in [2.75, 3.05) is 10.6 Å². The smallest absolute Gasteiger partial charge is 0.229 e. The molecule has 4 nitrogen and oxygen atoms in total. The molecule has 0 saturated heterocycles. The standard InChI is InChI=1S/C20H18BrN3O/c1-14-5-2-3-8-18(14)23-17-9-10-19(22-13-17)24-20(25)12-15-6-4-7-16(21)11-15/h2-11,13,23H,12H2,1H3,(H,22,24,25). The number of hydrogen-bond donors (Lipinski definition) is 2. The molecular formula is C20H18BrN3O. The summed E-state index contributed by atoms with van der Waals surface area (Å²) in [5.74, 6) is 0.445. The first kappa shape index (κ1) is 17.2. The second-order valence-corrected chi connectivity index (χ2v) is 6.64. The van der Waals surface area contributed by atoms with E-state index in [1.54, 1.807) is 12.3 Å². The molecule has 0 bridgehead atoms. The van der Waals surface area contributed by atoms with Crippen LogP contribution in [-0.2, 0) is 11.2 Å². The van der Waals surface area contributed by atoms with E-state index in [0.717, 1.165) is 27.0 Å². The molecule has 3 aromatic rings. The number of rotatable bonds is 5. The highest BCUT2D eigenvalue weighted by molar-refractivity contribution is 9.10. The number of para-hydroxylation sites is 1. The number of aryl methyl sites for hydroxylation is 1. The number of carbonyl (C=O) groups is 1. The molecule has 2 aromatic carbocycles. The molecule has 0 fully saturated rings. The summed E-state index contributed by atoms with van der Waals surface area (Å²) in [4.78, 5) is 16.4. The lowest BCUT2D eigenvalue weighted by Gasteiger charge is -2.10. The molecular weight excluding hydrogens is 378 g/mol. The third-order valence-corrected chi connectivity index (χ3v) is 4.20. The summed E-state index contributed by atoms with van der Waals surface area (Å²) in [5.41, 5.74) is 4.02. The molecule has 0 spiro atoms. The Morgan fingerprint density at radius 3 is 2.64 bits per heavy atom. The van der Waals surface area contributed by atoms with Crippen LogP contribution in [0.4, 0.5) is 17.2 Å². The normalized spacial score (nSPS) is 10.3. The van der Waals surface area contributed by atoms with Gasteiger partial charge in [-0.1, -0.05) is 46.3 Å². The summed E-state index contributed by atoms with van der Waals surface area (Å²) in [6.45, 7) is 2.05. The minimum atomic E-state index is -0.0924. The second kappa shape index (κ2) is 7.94. The molecule has 0 unspecified atom stereocenters. The molecule has 1 aromatic heterocycles. The van der Waals surface area contributed by atoms with E-state index in [2.05, 4.69) is 31.5 Å². The fourth-order valence-corrected chi connectivity index (χ4v) is 2.88. The van der Waals surface area contributed by atoms with Gasteiger partial charge in [-0.3, -0.25) is 4.79 Å². The van der Waals surface area contributed by atoms with Crippen LogP contribution >= 0.6 is 15.9 Å². The van der Waals surface area contributed by atoms with E-state index in [4.69, 9.17) is 0 Å². The van der Waals surface area contributed by atoms with Crippen LogP contribution in [0.15, 0.2) is 71.3 Å². The van der Waals surface area contributed by atoms with Gasteiger partial charge in [0.1, 0.15) is 5.82 Å². The van der Waals surface area contributed by atoms with Gasteiger partial charge in [0.25, 0.3) is 0 Å². The highest BCUT2D eigenvalue weighted by atomic mass is 79.9. The summed E-state index contributed by atoms with van der Waals surface area (Å²) >= 11 is 3.41. The Morgan fingerprint density at radius 1 is 1.08 bits per heavy atom. The van der Waals surface area contributed by atoms with Gasteiger partial charge in [0.15, 0.2) is 0 Å². The van der Waals surface area contributed by atoms with Gasteiger partial charge in [-0.25, -0.2) is 4.98 Å². The predicted octanol–water partition coefficient (Wildman–Crippen LogP) is 5.08. The number of nitrogens with zero attached hydrogens (tertiary/aromatic N) is 1. The number of carbonyl (C=O) groups excluding carboxylic acids is 1. The van der Waals surface area contributed by atoms with E-state index in [9.17, 15) is 4.79 Å². The van der Waals surface area contributed by atoms with Crippen LogP contribution in [0.2, 0.25) is 0 Å². The molecule has 5 heteroatoms. The van der Waals surface area contributed by atoms with Crippen LogP contribution in [-0.4, -0.2) is 10.9 Å². The van der Waals surface area contributed by atoms with Crippen molar-refractivity contribution in [2.45, 2.75) is 13.3 Å². The Kier molecular flexibility index (Phi) is 5.46. The Morgan fingerprint density at radius 2 is 1.92 bits per heavy atom. The number of benzene rings is 2. The Hall–Kier alpha value is -2.66. The average Bonchev–Trinajstić information content (AvgIpc) is 2.58.